The Morgan fingerprint density at radius 2 is 1.24 bits per heavy atom. The molecule has 14 nitrogen and oxygen atoms in total. The maximum absolute atomic E-state index is 9.42. The van der Waals surface area contributed by atoms with Crippen molar-refractivity contribution in [2.75, 3.05) is 21.3 Å². The van der Waals surface area contributed by atoms with E-state index in [-0.39, 0.29) is 0 Å². The molecule has 4 aromatic carbocycles. The summed E-state index contributed by atoms with van der Waals surface area (Å²) in [7, 11) is 0. The Morgan fingerprint density at radius 3 is 2.05 bits per heavy atom. The zero-order valence-electron chi connectivity index (χ0n) is 35.5. The molecule has 0 unspecified atom stereocenters. The molecule has 4 N–H and O–H groups in total. The minimum atomic E-state index is 0.542. The lowest BCUT2D eigenvalue weighted by molar-refractivity contribution is 0.620. The van der Waals surface area contributed by atoms with Crippen molar-refractivity contribution in [1.82, 2.24) is 39.5 Å². The van der Waals surface area contributed by atoms with Crippen molar-refractivity contribution in [3.8, 4) is 40.2 Å². The summed E-state index contributed by atoms with van der Waals surface area (Å²) in [5, 5.41) is 29.0. The van der Waals surface area contributed by atoms with E-state index in [1.54, 1.807) is 29.2 Å². The van der Waals surface area contributed by atoms with Crippen molar-refractivity contribution >= 4 is 73.1 Å². The second-order valence-electron chi connectivity index (χ2n) is 15.7. The van der Waals surface area contributed by atoms with E-state index in [0.29, 0.717) is 28.5 Å². The quantitative estimate of drug-likeness (QED) is 0.0966. The van der Waals surface area contributed by atoms with Crippen molar-refractivity contribution in [3.05, 3.63) is 181 Å². The lowest BCUT2D eigenvalue weighted by Gasteiger charge is -2.14. The highest BCUT2D eigenvalue weighted by atomic mass is 16.3. The number of fused-ring (bicyclic) bond motifs is 3. The van der Waals surface area contributed by atoms with Gasteiger partial charge in [0, 0.05) is 110 Å². The number of aromatic nitrogens is 8. The number of oxazole rings is 1. The summed E-state index contributed by atoms with van der Waals surface area (Å²) in [4.78, 5) is 27.7. The third kappa shape index (κ3) is 8.14. The van der Waals surface area contributed by atoms with Gasteiger partial charge in [-0.2, -0.15) is 5.26 Å². The van der Waals surface area contributed by atoms with Gasteiger partial charge in [0.05, 0.1) is 28.5 Å². The molecule has 0 fully saturated rings. The minimum Gasteiger partial charge on any atom is -0.436 e. The molecule has 0 atom stereocenters. The van der Waals surface area contributed by atoms with E-state index in [1.807, 2.05) is 154 Å². The van der Waals surface area contributed by atoms with Crippen molar-refractivity contribution in [2.45, 2.75) is 13.8 Å². The molecule has 0 aliphatic carbocycles. The molecule has 7 heterocycles. The maximum atomic E-state index is 9.42. The van der Waals surface area contributed by atoms with E-state index in [4.69, 9.17) is 24.5 Å². The summed E-state index contributed by atoms with van der Waals surface area (Å²) in [5.41, 5.74) is 15.7. The molecule has 11 aromatic rings. The number of nitriles is 1. The van der Waals surface area contributed by atoms with Crippen molar-refractivity contribution in [3.63, 3.8) is 0 Å². The van der Waals surface area contributed by atoms with Gasteiger partial charge in [0.1, 0.15) is 5.52 Å². The normalized spacial score (nSPS) is 11.2. The van der Waals surface area contributed by atoms with Gasteiger partial charge in [-0.25, -0.2) is 14.5 Å². The van der Waals surface area contributed by atoms with Crippen LogP contribution in [0.25, 0.3) is 61.7 Å². The van der Waals surface area contributed by atoms with Gasteiger partial charge in [-0.1, -0.05) is 0 Å². The van der Waals surface area contributed by atoms with Crippen molar-refractivity contribution < 1.29 is 4.42 Å². The fourth-order valence-corrected chi connectivity index (χ4v) is 7.72. The van der Waals surface area contributed by atoms with Crippen LogP contribution in [0.2, 0.25) is 0 Å². The second kappa shape index (κ2) is 16.7. The predicted molar refractivity (Wildman–Crippen MR) is 259 cm³/mol. The molecule has 0 bridgehead atoms. The molecule has 0 aliphatic rings. The highest BCUT2D eigenvalue weighted by molar-refractivity contribution is 5.94. The van der Waals surface area contributed by atoms with Crippen LogP contribution in [0.1, 0.15) is 17.0 Å². The number of pyridine rings is 5. The highest BCUT2D eigenvalue weighted by Gasteiger charge is 2.14. The van der Waals surface area contributed by atoms with Crippen LogP contribution < -0.4 is 21.3 Å². The van der Waals surface area contributed by atoms with E-state index < -0.39 is 0 Å². The number of rotatable bonds is 11. The van der Waals surface area contributed by atoms with E-state index in [9.17, 15) is 5.26 Å². The number of nitrogens with one attached hydrogen (secondary N) is 4. The summed E-state index contributed by atoms with van der Waals surface area (Å²) in [5.74, 6) is 1.14. The number of aryl methyl sites for hydroxylation is 2. The van der Waals surface area contributed by atoms with E-state index in [2.05, 4.69) is 42.3 Å². The second-order valence-corrected chi connectivity index (χ2v) is 15.7. The Labute approximate surface area is 377 Å². The first kappa shape index (κ1) is 39.4. The lowest BCUT2D eigenvalue weighted by atomic mass is 10.1. The number of hydrogen-bond acceptors (Lipinski definition) is 13. The SMILES string of the molecule is Cc1cc(Nc2ccc(-c3nc4cc(Nc5cc(C)ncc5-c5cc(Nc6ccc(-c7nc8cc(Nc9ccnc%10ccc(C#N)cc9%10)ccn8n7)cc6)ccn5)ccc4o3)cc2)ccn1. The molecule has 0 aliphatic heterocycles. The van der Waals surface area contributed by atoms with Crippen LogP contribution in [0.3, 0.4) is 0 Å². The fourth-order valence-electron chi connectivity index (χ4n) is 7.72. The summed E-state index contributed by atoms with van der Waals surface area (Å²) in [6, 6.07) is 45.2. The summed E-state index contributed by atoms with van der Waals surface area (Å²) >= 11 is 0. The molecule has 66 heavy (non-hydrogen) atoms. The first-order chi connectivity index (χ1) is 32.3. The maximum Gasteiger partial charge on any atom is 0.227 e. The van der Waals surface area contributed by atoms with Crippen LogP contribution in [-0.2, 0) is 0 Å². The number of anilines is 8. The zero-order chi connectivity index (χ0) is 44.6. The minimum absolute atomic E-state index is 0.542. The molecule has 14 heteroatoms. The number of nitrogens with zero attached hydrogens (tertiary/aromatic N) is 9. The van der Waals surface area contributed by atoms with Gasteiger partial charge < -0.3 is 25.7 Å². The lowest BCUT2D eigenvalue weighted by Crippen LogP contribution is -1.98. The molecule has 0 saturated heterocycles. The topological polar surface area (TPSA) is 180 Å². The van der Waals surface area contributed by atoms with Crippen LogP contribution in [0.15, 0.2) is 169 Å². The standard InChI is InChI=1S/C52H37N13O/c1-31-23-39(15-19-54-31)58-37-10-6-35(7-11-37)52-62-48-27-38(12-14-49(48)66-52)61-47-24-32(2)57-30-43(47)46-26-40(16-20-56-46)59-36-8-4-34(5-9-36)51-63-50-28-41(18-22-65(50)64-51)60-45-17-21-55-44-13-3-33(29-53)25-42(44)45/h3-28,30H,1-2H3,(H,54,58)(H,55,60)(H,56,59)(H,57,61). The van der Waals surface area contributed by atoms with Crippen LogP contribution in [0.5, 0.6) is 0 Å². The Morgan fingerprint density at radius 1 is 0.545 bits per heavy atom. The summed E-state index contributed by atoms with van der Waals surface area (Å²) < 4.78 is 7.92. The predicted octanol–water partition coefficient (Wildman–Crippen LogP) is 12.1. The molecule has 316 valence electrons. The Hall–Kier alpha value is -9.48. The van der Waals surface area contributed by atoms with Gasteiger partial charge in [-0.05, 0) is 141 Å². The first-order valence-corrected chi connectivity index (χ1v) is 21.1. The van der Waals surface area contributed by atoms with Crippen LogP contribution in [0, 0.1) is 25.2 Å². The summed E-state index contributed by atoms with van der Waals surface area (Å²) in [6.45, 7) is 3.93. The smallest absolute Gasteiger partial charge is 0.227 e. The van der Waals surface area contributed by atoms with E-state index >= 15 is 0 Å². The Kier molecular flexibility index (Phi) is 9.94. The van der Waals surface area contributed by atoms with Gasteiger partial charge in [0.25, 0.3) is 0 Å². The van der Waals surface area contributed by atoms with Gasteiger partial charge in [-0.3, -0.25) is 19.9 Å². The van der Waals surface area contributed by atoms with Crippen LogP contribution in [-0.4, -0.2) is 39.5 Å². The van der Waals surface area contributed by atoms with E-state index in [0.717, 1.165) is 95.7 Å². The fraction of sp³-hybridized carbons (Fsp3) is 0.0385. The molecule has 0 saturated carbocycles. The molecule has 7 aromatic heterocycles. The average molecular weight is 860 g/mol. The molecule has 0 amide bonds. The van der Waals surface area contributed by atoms with Gasteiger partial charge >= 0.3 is 0 Å². The van der Waals surface area contributed by atoms with Crippen LogP contribution >= 0.6 is 0 Å². The van der Waals surface area contributed by atoms with E-state index in [1.165, 1.54) is 0 Å². The zero-order valence-corrected chi connectivity index (χ0v) is 35.5. The van der Waals surface area contributed by atoms with Gasteiger partial charge in [-0.15, -0.1) is 5.10 Å². The third-order valence-corrected chi connectivity index (χ3v) is 11.0. The highest BCUT2D eigenvalue weighted by Crippen LogP contribution is 2.34. The third-order valence-electron chi connectivity index (χ3n) is 11.0. The van der Waals surface area contributed by atoms with Crippen molar-refractivity contribution in [2.24, 2.45) is 0 Å². The first-order valence-electron chi connectivity index (χ1n) is 21.1. The molecular formula is C52H37N13O. The molecule has 0 spiro atoms. The summed E-state index contributed by atoms with van der Waals surface area (Å²) in [6.07, 6.45) is 9.03. The van der Waals surface area contributed by atoms with Crippen LogP contribution in [0.4, 0.5) is 45.5 Å². The largest absolute Gasteiger partial charge is 0.436 e. The molecule has 11 rings (SSSR count). The Balaban J connectivity index is 0.776. The number of benzene rings is 4. The Bertz CT molecular complexity index is 3650. The monoisotopic (exact) mass is 859 g/mol. The van der Waals surface area contributed by atoms with Crippen molar-refractivity contribution in [1.29, 1.82) is 5.26 Å². The van der Waals surface area contributed by atoms with Gasteiger partial charge in [0.15, 0.2) is 17.1 Å². The van der Waals surface area contributed by atoms with Gasteiger partial charge in [0.2, 0.25) is 5.89 Å². The average Bonchev–Trinajstić information content (AvgIpc) is 3.97. The molecule has 0 radical (unpaired) electrons. The number of hydrogen-bond donors (Lipinski definition) is 4. The molecular weight excluding hydrogens is 823 g/mol.